The van der Waals surface area contributed by atoms with E-state index in [-0.39, 0.29) is 10.6 Å². The van der Waals surface area contributed by atoms with Gasteiger partial charge in [-0.05, 0) is 24.3 Å². The van der Waals surface area contributed by atoms with Crippen LogP contribution in [0.25, 0.3) is 0 Å². The van der Waals surface area contributed by atoms with E-state index in [9.17, 15) is 8.42 Å². The van der Waals surface area contributed by atoms with Crippen molar-refractivity contribution in [2.45, 2.75) is 4.90 Å². The predicted octanol–water partition coefficient (Wildman–Crippen LogP) is 0.571. The van der Waals surface area contributed by atoms with Gasteiger partial charge in [-0.3, -0.25) is 0 Å². The zero-order valence-corrected chi connectivity index (χ0v) is 6.65. The lowest BCUT2D eigenvalue weighted by molar-refractivity contribution is -0.130. The molecule has 1 aromatic rings. The lowest BCUT2D eigenvalue weighted by atomic mass is 10.3. The third-order valence-electron chi connectivity index (χ3n) is 1.22. The number of phenolic OH excluding ortho intramolecular Hbond substituents is 1. The van der Waals surface area contributed by atoms with E-state index in [1.807, 2.05) is 0 Å². The number of hydrogen-bond donors (Lipinski definition) is 2. The Morgan fingerprint density at radius 1 is 1.17 bits per heavy atom. The Balaban J connectivity index is 3.14. The van der Waals surface area contributed by atoms with Gasteiger partial charge in [-0.15, -0.1) is 4.33 Å². The van der Waals surface area contributed by atoms with Crippen LogP contribution in [0.2, 0.25) is 0 Å². The fourth-order valence-electron chi connectivity index (χ4n) is 0.656. The summed E-state index contributed by atoms with van der Waals surface area (Å²) in [5.41, 5.74) is 0. The summed E-state index contributed by atoms with van der Waals surface area (Å²) in [6.07, 6.45) is 0. The number of rotatable bonds is 2. The minimum absolute atomic E-state index is 0.0631. The molecular weight excluding hydrogens is 184 g/mol. The summed E-state index contributed by atoms with van der Waals surface area (Å²) in [6.45, 7) is 0. The van der Waals surface area contributed by atoms with Crippen molar-refractivity contribution in [3.05, 3.63) is 24.3 Å². The van der Waals surface area contributed by atoms with Crippen molar-refractivity contribution in [3.8, 4) is 5.75 Å². The van der Waals surface area contributed by atoms with E-state index in [1.54, 1.807) is 0 Å². The summed E-state index contributed by atoms with van der Waals surface area (Å²) >= 11 is 0. The van der Waals surface area contributed by atoms with Crippen LogP contribution in [0.15, 0.2) is 29.2 Å². The van der Waals surface area contributed by atoms with Crippen molar-refractivity contribution >= 4 is 10.1 Å². The average molecular weight is 190 g/mol. The minimum Gasteiger partial charge on any atom is -0.508 e. The van der Waals surface area contributed by atoms with E-state index in [2.05, 4.69) is 4.33 Å². The highest BCUT2D eigenvalue weighted by atomic mass is 32.2. The molecule has 0 amide bonds. The van der Waals surface area contributed by atoms with Gasteiger partial charge in [0.25, 0.3) is 0 Å². The molecule has 6 heteroatoms. The Hall–Kier alpha value is -1.11. The Morgan fingerprint density at radius 2 is 1.67 bits per heavy atom. The van der Waals surface area contributed by atoms with Crippen molar-refractivity contribution < 1.29 is 23.1 Å². The lowest BCUT2D eigenvalue weighted by Gasteiger charge is -1.98. The second kappa shape index (κ2) is 3.10. The van der Waals surface area contributed by atoms with Gasteiger partial charge in [-0.25, -0.2) is 5.26 Å². The third-order valence-corrected chi connectivity index (χ3v) is 2.27. The Bertz CT molecular complexity index is 352. The standard InChI is InChI=1S/C6H6O5S/c7-5-1-3-6(4-2-5)12(9,10)11-8/h1-4,7-8H. The van der Waals surface area contributed by atoms with Crippen LogP contribution in [0.5, 0.6) is 5.75 Å². The molecule has 0 heterocycles. The Morgan fingerprint density at radius 3 is 2.08 bits per heavy atom. The molecule has 0 atom stereocenters. The maximum Gasteiger partial charge on any atom is 0.323 e. The second-order valence-corrected chi connectivity index (χ2v) is 3.55. The fourth-order valence-corrected chi connectivity index (χ4v) is 1.21. The monoisotopic (exact) mass is 190 g/mol. The molecule has 5 nitrogen and oxygen atoms in total. The number of hydrogen-bond acceptors (Lipinski definition) is 5. The van der Waals surface area contributed by atoms with Crippen LogP contribution in [0.3, 0.4) is 0 Å². The van der Waals surface area contributed by atoms with Crippen molar-refractivity contribution in [1.29, 1.82) is 0 Å². The fraction of sp³-hybridized carbons (Fsp3) is 0. The van der Waals surface area contributed by atoms with Crippen LogP contribution in [-0.4, -0.2) is 18.8 Å². The third kappa shape index (κ3) is 1.73. The molecule has 2 N–H and O–H groups in total. The summed E-state index contributed by atoms with van der Waals surface area (Å²) < 4.78 is 24.8. The van der Waals surface area contributed by atoms with Crippen LogP contribution in [-0.2, 0) is 14.5 Å². The molecule has 0 aliphatic rings. The number of phenols is 1. The van der Waals surface area contributed by atoms with Gasteiger partial charge >= 0.3 is 10.1 Å². The number of aromatic hydroxyl groups is 1. The van der Waals surface area contributed by atoms with Crippen molar-refractivity contribution in [2.75, 3.05) is 0 Å². The Labute approximate surface area is 68.9 Å². The maximum absolute atomic E-state index is 10.8. The molecule has 0 spiro atoms. The van der Waals surface area contributed by atoms with Crippen molar-refractivity contribution in [2.24, 2.45) is 0 Å². The molecule has 0 aliphatic carbocycles. The van der Waals surface area contributed by atoms with E-state index in [0.29, 0.717) is 0 Å². The van der Waals surface area contributed by atoms with Gasteiger partial charge in [0, 0.05) is 0 Å². The topological polar surface area (TPSA) is 83.8 Å². The molecule has 0 aromatic heterocycles. The summed E-state index contributed by atoms with van der Waals surface area (Å²) in [7, 11) is -4.07. The highest BCUT2D eigenvalue weighted by Gasteiger charge is 2.13. The normalized spacial score (nSPS) is 11.4. The van der Waals surface area contributed by atoms with Crippen LogP contribution in [0.1, 0.15) is 0 Å². The summed E-state index contributed by atoms with van der Waals surface area (Å²) in [6, 6.07) is 4.57. The first-order valence-corrected chi connectivity index (χ1v) is 4.34. The van der Waals surface area contributed by atoms with Gasteiger partial charge in [0.05, 0.1) is 4.90 Å². The van der Waals surface area contributed by atoms with Crippen LogP contribution < -0.4 is 0 Å². The van der Waals surface area contributed by atoms with Gasteiger partial charge in [-0.2, -0.15) is 8.42 Å². The SMILES string of the molecule is O=S(=O)(OO)c1ccc(O)cc1. The van der Waals surface area contributed by atoms with E-state index in [4.69, 9.17) is 10.4 Å². The van der Waals surface area contributed by atoms with Crippen LogP contribution in [0, 0.1) is 0 Å². The minimum atomic E-state index is -4.07. The number of benzene rings is 1. The summed E-state index contributed by atoms with van der Waals surface area (Å²) in [5.74, 6) is -0.0631. The van der Waals surface area contributed by atoms with Gasteiger partial charge in [0.1, 0.15) is 5.75 Å². The van der Waals surface area contributed by atoms with Gasteiger partial charge in [-0.1, -0.05) is 0 Å². The Kier molecular flexibility index (Phi) is 2.32. The molecule has 66 valence electrons. The molecule has 0 saturated carbocycles. The molecule has 0 fully saturated rings. The highest BCUT2D eigenvalue weighted by Crippen LogP contribution is 2.15. The van der Waals surface area contributed by atoms with Crippen molar-refractivity contribution in [3.63, 3.8) is 0 Å². The quantitative estimate of drug-likeness (QED) is 0.526. The molecule has 0 aliphatic heterocycles. The first-order valence-electron chi connectivity index (χ1n) is 2.93. The van der Waals surface area contributed by atoms with Crippen LogP contribution in [0.4, 0.5) is 0 Å². The molecule has 0 unspecified atom stereocenters. The lowest BCUT2D eigenvalue weighted by Crippen LogP contribution is -2.02. The van der Waals surface area contributed by atoms with Crippen LogP contribution >= 0.6 is 0 Å². The summed E-state index contributed by atoms with van der Waals surface area (Å²) in [4.78, 5) is -0.220. The molecule has 1 aromatic carbocycles. The van der Waals surface area contributed by atoms with Crippen molar-refractivity contribution in [1.82, 2.24) is 0 Å². The highest BCUT2D eigenvalue weighted by molar-refractivity contribution is 7.86. The molecule has 0 radical (unpaired) electrons. The molecule has 1 rings (SSSR count). The zero-order valence-electron chi connectivity index (χ0n) is 5.84. The van der Waals surface area contributed by atoms with E-state index < -0.39 is 10.1 Å². The molecule has 0 saturated heterocycles. The van der Waals surface area contributed by atoms with Gasteiger partial charge < -0.3 is 5.11 Å². The molecule has 0 bridgehead atoms. The van der Waals surface area contributed by atoms with E-state index in [0.717, 1.165) is 12.1 Å². The summed E-state index contributed by atoms with van der Waals surface area (Å²) in [5, 5.41) is 16.8. The van der Waals surface area contributed by atoms with Gasteiger partial charge in [0.2, 0.25) is 0 Å². The van der Waals surface area contributed by atoms with E-state index in [1.165, 1.54) is 12.1 Å². The van der Waals surface area contributed by atoms with Gasteiger partial charge in [0.15, 0.2) is 0 Å². The van der Waals surface area contributed by atoms with E-state index >= 15 is 0 Å². The molecule has 12 heavy (non-hydrogen) atoms. The average Bonchev–Trinajstić information content (AvgIpc) is 2.05. The first kappa shape index (κ1) is 8.98. The largest absolute Gasteiger partial charge is 0.508 e. The first-order chi connectivity index (χ1) is 5.56. The smallest absolute Gasteiger partial charge is 0.323 e. The zero-order chi connectivity index (χ0) is 9.19. The predicted molar refractivity (Wildman–Crippen MR) is 39.0 cm³/mol. The second-order valence-electron chi connectivity index (χ2n) is 2.02. The molecular formula is C6H6O5S. The maximum atomic E-state index is 10.8.